The number of benzene rings is 1. The van der Waals surface area contributed by atoms with Gasteiger partial charge in [-0.1, -0.05) is 31.6 Å². The van der Waals surface area contributed by atoms with E-state index < -0.39 is 17.9 Å². The SMILES string of the molecule is COC(=O)[C@H](Cc1ccc(O)cc1)NC(=O)CCC(=O)O[C@@H]1CC[C@@H]2[C@@H]3CCC4=CC(=O)CC[C@]4(C)[C@H]3CC[C@@]21C. The number of carbonyl (C=O) groups is 4. The summed E-state index contributed by atoms with van der Waals surface area (Å²) < 4.78 is 10.9. The van der Waals surface area contributed by atoms with E-state index in [1.165, 1.54) is 24.8 Å². The number of ether oxygens (including phenoxy) is 2. The number of fused-ring (bicyclic) bond motifs is 5. The number of phenols is 1. The first-order valence-corrected chi connectivity index (χ1v) is 15.1. The molecule has 0 unspecified atom stereocenters. The fourth-order valence-electron chi connectivity index (χ4n) is 8.61. The van der Waals surface area contributed by atoms with Crippen molar-refractivity contribution in [1.82, 2.24) is 5.32 Å². The first-order valence-electron chi connectivity index (χ1n) is 15.1. The summed E-state index contributed by atoms with van der Waals surface area (Å²) in [5.41, 5.74) is 2.16. The number of ketones is 1. The van der Waals surface area contributed by atoms with E-state index in [0.29, 0.717) is 24.2 Å². The van der Waals surface area contributed by atoms with E-state index in [2.05, 4.69) is 19.2 Å². The largest absolute Gasteiger partial charge is 0.508 e. The van der Waals surface area contributed by atoms with E-state index in [-0.39, 0.29) is 53.7 Å². The van der Waals surface area contributed by atoms with Crippen LogP contribution in [0.25, 0.3) is 0 Å². The molecule has 7 atom stereocenters. The van der Waals surface area contributed by atoms with Gasteiger partial charge in [-0.05, 0) is 91.9 Å². The van der Waals surface area contributed by atoms with Crippen molar-refractivity contribution in [1.29, 1.82) is 0 Å². The van der Waals surface area contributed by atoms with Crippen molar-refractivity contribution in [3.05, 3.63) is 41.5 Å². The molecule has 0 saturated heterocycles. The molecular formula is C33H43NO7. The van der Waals surface area contributed by atoms with E-state index in [9.17, 15) is 24.3 Å². The highest BCUT2D eigenvalue weighted by molar-refractivity contribution is 5.91. The molecule has 1 aromatic rings. The molecule has 0 bridgehead atoms. The standard InChI is InChI=1S/C33H43NO7/c1-32-16-14-23(36)19-21(32)6-9-24-25-10-11-28(33(25,2)17-15-26(24)32)41-30(38)13-12-29(37)34-27(31(39)40-3)18-20-4-7-22(35)8-5-20/h4-5,7-8,19,24-28,35H,6,9-18H2,1-3H3,(H,34,37)/t24-,25+,26-,27-,28+,32-,33-/m0/s1. The summed E-state index contributed by atoms with van der Waals surface area (Å²) in [6.07, 6.45) is 9.54. The Hall–Kier alpha value is -3.16. The zero-order chi connectivity index (χ0) is 29.4. The van der Waals surface area contributed by atoms with Gasteiger partial charge in [0.25, 0.3) is 0 Å². The minimum absolute atomic E-state index is 0.0531. The highest BCUT2D eigenvalue weighted by atomic mass is 16.5. The van der Waals surface area contributed by atoms with Crippen molar-refractivity contribution in [2.24, 2.45) is 28.6 Å². The lowest BCUT2D eigenvalue weighted by Gasteiger charge is -2.57. The third-order valence-electron chi connectivity index (χ3n) is 10.9. The maximum atomic E-state index is 12.9. The second-order valence-electron chi connectivity index (χ2n) is 13.1. The Morgan fingerprint density at radius 2 is 1.76 bits per heavy atom. The van der Waals surface area contributed by atoms with Gasteiger partial charge in [-0.25, -0.2) is 4.79 Å². The average Bonchev–Trinajstić information content (AvgIpc) is 3.28. The van der Waals surface area contributed by atoms with Crippen LogP contribution in [0.4, 0.5) is 0 Å². The smallest absolute Gasteiger partial charge is 0.328 e. The number of rotatable bonds is 8. The molecule has 3 fully saturated rings. The van der Waals surface area contributed by atoms with Crippen LogP contribution < -0.4 is 5.32 Å². The Labute approximate surface area is 242 Å². The zero-order valence-corrected chi connectivity index (χ0v) is 24.4. The van der Waals surface area contributed by atoms with Gasteiger partial charge in [0.05, 0.1) is 13.5 Å². The van der Waals surface area contributed by atoms with Gasteiger partial charge < -0.3 is 19.9 Å². The highest BCUT2D eigenvalue weighted by Crippen LogP contribution is 2.65. The molecule has 3 saturated carbocycles. The second-order valence-corrected chi connectivity index (χ2v) is 13.1. The minimum Gasteiger partial charge on any atom is -0.508 e. The van der Waals surface area contributed by atoms with Gasteiger partial charge in [0.2, 0.25) is 5.91 Å². The van der Waals surface area contributed by atoms with Crippen molar-refractivity contribution in [3.8, 4) is 5.75 Å². The third kappa shape index (κ3) is 5.80. The van der Waals surface area contributed by atoms with E-state index >= 15 is 0 Å². The quantitative estimate of drug-likeness (QED) is 0.434. The van der Waals surface area contributed by atoms with Crippen LogP contribution >= 0.6 is 0 Å². The zero-order valence-electron chi connectivity index (χ0n) is 24.4. The summed E-state index contributed by atoms with van der Waals surface area (Å²) >= 11 is 0. The summed E-state index contributed by atoms with van der Waals surface area (Å²) in [7, 11) is 1.26. The van der Waals surface area contributed by atoms with Crippen LogP contribution in [0, 0.1) is 28.6 Å². The molecule has 0 aliphatic heterocycles. The lowest BCUT2D eigenvalue weighted by Crippen LogP contribution is -2.51. The number of amides is 1. The summed E-state index contributed by atoms with van der Waals surface area (Å²) in [4.78, 5) is 50.0. The van der Waals surface area contributed by atoms with Crippen LogP contribution in [0.5, 0.6) is 5.75 Å². The van der Waals surface area contributed by atoms with Crippen molar-refractivity contribution in [3.63, 3.8) is 0 Å². The first kappa shape index (κ1) is 29.3. The molecule has 4 aliphatic rings. The molecule has 8 heteroatoms. The van der Waals surface area contributed by atoms with Gasteiger partial charge in [0, 0.05) is 24.7 Å². The van der Waals surface area contributed by atoms with Gasteiger partial charge in [0.15, 0.2) is 5.78 Å². The Bertz CT molecular complexity index is 1220. The maximum Gasteiger partial charge on any atom is 0.328 e. The molecule has 1 aromatic carbocycles. The lowest BCUT2D eigenvalue weighted by molar-refractivity contribution is -0.160. The first-order chi connectivity index (χ1) is 19.5. The predicted octanol–water partition coefficient (Wildman–Crippen LogP) is 4.82. The van der Waals surface area contributed by atoms with Crippen molar-refractivity contribution >= 4 is 23.6 Å². The summed E-state index contributed by atoms with van der Waals surface area (Å²) in [6.45, 7) is 4.66. The molecule has 1 amide bonds. The Morgan fingerprint density at radius 3 is 2.49 bits per heavy atom. The number of hydrogen-bond acceptors (Lipinski definition) is 7. The fraction of sp³-hybridized carbons (Fsp3) is 0.636. The van der Waals surface area contributed by atoms with Crippen LogP contribution in [-0.4, -0.2) is 48.0 Å². The number of nitrogens with one attached hydrogen (secondary N) is 1. The van der Waals surface area contributed by atoms with E-state index in [1.807, 2.05) is 6.08 Å². The molecule has 222 valence electrons. The lowest BCUT2D eigenvalue weighted by atomic mass is 9.47. The Morgan fingerprint density at radius 1 is 1.00 bits per heavy atom. The van der Waals surface area contributed by atoms with Gasteiger partial charge in [-0.2, -0.15) is 0 Å². The van der Waals surface area contributed by atoms with Gasteiger partial charge in [-0.3, -0.25) is 14.4 Å². The molecule has 4 aliphatic carbocycles. The Balaban J connectivity index is 1.15. The van der Waals surface area contributed by atoms with Gasteiger partial charge >= 0.3 is 11.9 Å². The molecule has 0 aromatic heterocycles. The molecular weight excluding hydrogens is 522 g/mol. The minimum atomic E-state index is -0.896. The fourth-order valence-corrected chi connectivity index (χ4v) is 8.61. The molecule has 2 N–H and O–H groups in total. The highest BCUT2D eigenvalue weighted by Gasteiger charge is 2.60. The summed E-state index contributed by atoms with van der Waals surface area (Å²) in [5.74, 6) is 0.677. The van der Waals surface area contributed by atoms with Gasteiger partial charge in [-0.15, -0.1) is 0 Å². The van der Waals surface area contributed by atoms with E-state index in [1.54, 1.807) is 12.1 Å². The van der Waals surface area contributed by atoms with E-state index in [4.69, 9.17) is 9.47 Å². The molecule has 5 rings (SSSR count). The summed E-state index contributed by atoms with van der Waals surface area (Å²) in [5, 5.41) is 12.2. The topological polar surface area (TPSA) is 119 Å². The number of hydrogen-bond donors (Lipinski definition) is 2. The number of methoxy groups -OCH3 is 1. The average molecular weight is 566 g/mol. The molecule has 41 heavy (non-hydrogen) atoms. The van der Waals surface area contributed by atoms with Crippen LogP contribution in [0.2, 0.25) is 0 Å². The second kappa shape index (κ2) is 11.6. The molecule has 0 spiro atoms. The molecule has 0 radical (unpaired) electrons. The number of carbonyl (C=O) groups excluding carboxylic acids is 4. The number of allylic oxidation sites excluding steroid dienone is 1. The molecule has 0 heterocycles. The number of phenolic OH excluding ortho intramolecular Hbond substituents is 1. The van der Waals surface area contributed by atoms with Crippen molar-refractivity contribution in [2.45, 2.75) is 96.6 Å². The van der Waals surface area contributed by atoms with E-state index in [0.717, 1.165) is 50.5 Å². The van der Waals surface area contributed by atoms with Crippen molar-refractivity contribution in [2.75, 3.05) is 7.11 Å². The van der Waals surface area contributed by atoms with Crippen LogP contribution in [0.15, 0.2) is 35.9 Å². The van der Waals surface area contributed by atoms with Crippen LogP contribution in [0.3, 0.4) is 0 Å². The number of esters is 2. The third-order valence-corrected chi connectivity index (χ3v) is 10.9. The van der Waals surface area contributed by atoms with Crippen LogP contribution in [-0.2, 0) is 35.1 Å². The maximum absolute atomic E-state index is 12.9. The normalized spacial score (nSPS) is 33.0. The van der Waals surface area contributed by atoms with Gasteiger partial charge in [0.1, 0.15) is 17.9 Å². The predicted molar refractivity (Wildman–Crippen MR) is 152 cm³/mol. The molecule has 8 nitrogen and oxygen atoms in total. The van der Waals surface area contributed by atoms with Crippen molar-refractivity contribution < 1.29 is 33.8 Å². The monoisotopic (exact) mass is 565 g/mol. The Kier molecular flexibility index (Phi) is 8.31. The number of aromatic hydroxyl groups is 1. The van der Waals surface area contributed by atoms with Crippen LogP contribution in [0.1, 0.15) is 83.6 Å². The summed E-state index contributed by atoms with van der Waals surface area (Å²) in [6, 6.07) is 5.49.